The molecule has 1 aromatic carbocycles. The molecule has 0 N–H and O–H groups in total. The zero-order chi connectivity index (χ0) is 14.8. The molecule has 1 aromatic heterocycles. The zero-order valence-electron chi connectivity index (χ0n) is 11.3. The first-order chi connectivity index (χ1) is 10.1. The van der Waals surface area contributed by atoms with E-state index in [0.717, 1.165) is 32.1 Å². The van der Waals surface area contributed by atoms with Gasteiger partial charge in [0.25, 0.3) is 5.91 Å². The molecule has 3 nitrogen and oxygen atoms in total. The monoisotopic (exact) mass is 456 g/mol. The van der Waals surface area contributed by atoms with Crippen LogP contribution in [0.2, 0.25) is 0 Å². The second kappa shape index (κ2) is 6.44. The summed E-state index contributed by atoms with van der Waals surface area (Å²) in [6.07, 6.45) is 3.94. The van der Waals surface area contributed by atoms with Crippen molar-refractivity contribution in [2.75, 3.05) is 0 Å². The Kier molecular flexibility index (Phi) is 4.59. The number of carbonyl (C=O) groups is 1. The highest BCUT2D eigenvalue weighted by atomic mass is 127. The first-order valence-corrected chi connectivity index (χ1v) is 8.68. The van der Waals surface area contributed by atoms with E-state index in [4.69, 9.17) is 0 Å². The smallest absolute Gasteiger partial charge is 0.255 e. The lowest BCUT2D eigenvalue weighted by atomic mass is 10.2. The van der Waals surface area contributed by atoms with Gasteiger partial charge in [-0.1, -0.05) is 6.07 Å². The summed E-state index contributed by atoms with van der Waals surface area (Å²) >= 11 is 5.72. The van der Waals surface area contributed by atoms with Crippen molar-refractivity contribution in [1.82, 2.24) is 9.88 Å². The number of carbonyl (C=O) groups excluding carboxylic acids is 1. The summed E-state index contributed by atoms with van der Waals surface area (Å²) in [5.41, 5.74) is 1.66. The van der Waals surface area contributed by atoms with Gasteiger partial charge in [0.15, 0.2) is 0 Å². The van der Waals surface area contributed by atoms with Crippen LogP contribution in [0.5, 0.6) is 0 Å². The summed E-state index contributed by atoms with van der Waals surface area (Å²) in [5, 5.41) is 0. The molecular weight excluding hydrogens is 443 g/mol. The van der Waals surface area contributed by atoms with E-state index in [1.807, 2.05) is 41.3 Å². The summed E-state index contributed by atoms with van der Waals surface area (Å²) in [5.74, 6) is 0.0774. The van der Waals surface area contributed by atoms with Crippen molar-refractivity contribution in [3.63, 3.8) is 0 Å². The molecule has 2 aromatic rings. The summed E-state index contributed by atoms with van der Waals surface area (Å²) in [7, 11) is 0. The highest BCUT2D eigenvalue weighted by molar-refractivity contribution is 14.1. The van der Waals surface area contributed by atoms with Gasteiger partial charge in [-0.3, -0.25) is 9.78 Å². The minimum atomic E-state index is 0.0774. The number of nitrogens with zero attached hydrogens (tertiary/aromatic N) is 2. The number of aromatic nitrogens is 1. The van der Waals surface area contributed by atoms with Crippen molar-refractivity contribution in [2.24, 2.45) is 0 Å². The maximum absolute atomic E-state index is 12.9. The largest absolute Gasteiger partial charge is 0.330 e. The summed E-state index contributed by atoms with van der Waals surface area (Å²) in [4.78, 5) is 19.1. The van der Waals surface area contributed by atoms with Gasteiger partial charge < -0.3 is 4.90 Å². The highest BCUT2D eigenvalue weighted by Gasteiger charge is 2.34. The van der Waals surface area contributed by atoms with Crippen molar-refractivity contribution in [3.8, 4) is 0 Å². The molecule has 1 saturated carbocycles. The second-order valence-corrected chi connectivity index (χ2v) is 7.21. The molecule has 1 heterocycles. The first kappa shape index (κ1) is 15.0. The van der Waals surface area contributed by atoms with E-state index in [1.165, 1.54) is 0 Å². The van der Waals surface area contributed by atoms with E-state index in [2.05, 4.69) is 43.5 Å². The maximum Gasteiger partial charge on any atom is 0.255 e. The summed E-state index contributed by atoms with van der Waals surface area (Å²) in [6, 6.07) is 12.0. The Labute approximate surface area is 146 Å². The van der Waals surface area contributed by atoms with Gasteiger partial charge in [-0.05, 0) is 81.7 Å². The van der Waals surface area contributed by atoms with E-state index < -0.39 is 0 Å². The fraction of sp³-hybridized carbons (Fsp3) is 0.250. The van der Waals surface area contributed by atoms with Crippen LogP contribution in [-0.4, -0.2) is 21.8 Å². The Morgan fingerprint density at radius 1 is 1.33 bits per heavy atom. The topological polar surface area (TPSA) is 33.2 Å². The normalized spacial score (nSPS) is 14.0. The number of amides is 1. The summed E-state index contributed by atoms with van der Waals surface area (Å²) in [6.45, 7) is 0.572. The van der Waals surface area contributed by atoms with Crippen LogP contribution in [0.1, 0.15) is 28.9 Å². The molecule has 0 atom stereocenters. The molecule has 108 valence electrons. The van der Waals surface area contributed by atoms with Gasteiger partial charge in [0.2, 0.25) is 0 Å². The van der Waals surface area contributed by atoms with Crippen molar-refractivity contribution in [2.45, 2.75) is 25.4 Å². The van der Waals surface area contributed by atoms with Crippen LogP contribution in [0.4, 0.5) is 0 Å². The number of rotatable bonds is 4. The van der Waals surface area contributed by atoms with Crippen molar-refractivity contribution in [1.29, 1.82) is 0 Å². The molecule has 21 heavy (non-hydrogen) atoms. The van der Waals surface area contributed by atoms with Gasteiger partial charge >= 0.3 is 0 Å². The highest BCUT2D eigenvalue weighted by Crippen LogP contribution is 2.31. The number of pyridine rings is 1. The first-order valence-electron chi connectivity index (χ1n) is 6.81. The lowest BCUT2D eigenvalue weighted by Crippen LogP contribution is -2.33. The van der Waals surface area contributed by atoms with Crippen LogP contribution in [0.25, 0.3) is 0 Å². The van der Waals surface area contributed by atoms with Gasteiger partial charge in [-0.15, -0.1) is 0 Å². The molecule has 0 spiro atoms. The van der Waals surface area contributed by atoms with E-state index in [-0.39, 0.29) is 5.91 Å². The quantitative estimate of drug-likeness (QED) is 0.644. The SMILES string of the molecule is O=C(c1cc(I)ccc1Br)N(Cc1ccccn1)C1CC1. The number of halogens is 2. The fourth-order valence-electron chi connectivity index (χ4n) is 2.24. The minimum Gasteiger partial charge on any atom is -0.330 e. The third-order valence-electron chi connectivity index (χ3n) is 3.47. The predicted molar refractivity (Wildman–Crippen MR) is 94.0 cm³/mol. The van der Waals surface area contributed by atoms with Crippen LogP contribution in [0.15, 0.2) is 47.1 Å². The van der Waals surface area contributed by atoms with Crippen molar-refractivity contribution in [3.05, 3.63) is 61.9 Å². The van der Waals surface area contributed by atoms with Crippen LogP contribution in [-0.2, 0) is 6.54 Å². The second-order valence-electron chi connectivity index (χ2n) is 5.11. The van der Waals surface area contributed by atoms with Gasteiger partial charge in [0.05, 0.1) is 17.8 Å². The van der Waals surface area contributed by atoms with E-state index in [1.54, 1.807) is 6.20 Å². The van der Waals surface area contributed by atoms with E-state index in [9.17, 15) is 4.79 Å². The third kappa shape index (κ3) is 3.63. The Balaban J connectivity index is 1.87. The Hall–Kier alpha value is -0.950. The molecular formula is C16H14BrIN2O. The van der Waals surface area contributed by atoms with Gasteiger partial charge in [-0.25, -0.2) is 0 Å². The number of hydrogen-bond acceptors (Lipinski definition) is 2. The third-order valence-corrected chi connectivity index (χ3v) is 4.83. The molecule has 1 aliphatic carbocycles. The molecule has 1 amide bonds. The van der Waals surface area contributed by atoms with Crippen LogP contribution in [0, 0.1) is 3.57 Å². The van der Waals surface area contributed by atoms with E-state index >= 15 is 0 Å². The van der Waals surface area contributed by atoms with Crippen LogP contribution >= 0.6 is 38.5 Å². The lowest BCUT2D eigenvalue weighted by Gasteiger charge is -2.23. The van der Waals surface area contributed by atoms with Crippen LogP contribution < -0.4 is 0 Å². The summed E-state index contributed by atoms with van der Waals surface area (Å²) < 4.78 is 1.91. The molecule has 0 aliphatic heterocycles. The maximum atomic E-state index is 12.9. The Bertz CT molecular complexity index is 659. The molecule has 3 rings (SSSR count). The van der Waals surface area contributed by atoms with Gasteiger partial charge in [0.1, 0.15) is 0 Å². The van der Waals surface area contributed by atoms with E-state index in [0.29, 0.717) is 12.6 Å². The average molecular weight is 457 g/mol. The standard InChI is InChI=1S/C16H14BrIN2O/c17-15-7-4-11(18)9-14(15)16(21)20(13-5-6-13)10-12-3-1-2-8-19-12/h1-4,7-9,13H,5-6,10H2. The molecule has 0 saturated heterocycles. The predicted octanol–water partition coefficient (Wildman–Crippen LogP) is 4.25. The number of benzene rings is 1. The molecule has 0 bridgehead atoms. The van der Waals surface area contributed by atoms with Crippen LogP contribution in [0.3, 0.4) is 0 Å². The van der Waals surface area contributed by atoms with Gasteiger partial charge in [0, 0.05) is 20.3 Å². The van der Waals surface area contributed by atoms with Crippen molar-refractivity contribution >= 4 is 44.4 Å². The van der Waals surface area contributed by atoms with Crippen molar-refractivity contribution < 1.29 is 4.79 Å². The molecule has 1 fully saturated rings. The molecule has 0 radical (unpaired) electrons. The Morgan fingerprint density at radius 2 is 2.14 bits per heavy atom. The molecule has 1 aliphatic rings. The zero-order valence-corrected chi connectivity index (χ0v) is 15.0. The Morgan fingerprint density at radius 3 is 2.81 bits per heavy atom. The average Bonchev–Trinajstić information content (AvgIpc) is 3.32. The molecule has 0 unspecified atom stereocenters. The lowest BCUT2D eigenvalue weighted by molar-refractivity contribution is 0.0726. The minimum absolute atomic E-state index is 0.0774. The number of hydrogen-bond donors (Lipinski definition) is 0. The molecule has 5 heteroatoms. The fourth-order valence-corrected chi connectivity index (χ4v) is 3.14. The van der Waals surface area contributed by atoms with Gasteiger partial charge in [-0.2, -0.15) is 0 Å².